The first-order chi connectivity index (χ1) is 13.9. The number of rotatable bonds is 7. The minimum atomic E-state index is -0.570. The zero-order valence-electron chi connectivity index (χ0n) is 17.8. The predicted octanol–water partition coefficient (Wildman–Crippen LogP) is 2.81. The number of guanidine groups is 1. The van der Waals surface area contributed by atoms with Crippen LogP contribution in [0, 0.1) is 17.6 Å². The number of benzene rings is 1. The van der Waals surface area contributed by atoms with Crippen LogP contribution in [0.4, 0.5) is 8.78 Å². The molecule has 8 heteroatoms. The summed E-state index contributed by atoms with van der Waals surface area (Å²) in [5, 5.41) is 3.25. The van der Waals surface area contributed by atoms with Crippen molar-refractivity contribution in [2.45, 2.75) is 32.7 Å². The maximum atomic E-state index is 14.3. The molecule has 0 bridgehead atoms. The number of aliphatic imine (C=N–C) groups is 1. The van der Waals surface area contributed by atoms with Crippen molar-refractivity contribution in [3.63, 3.8) is 0 Å². The van der Waals surface area contributed by atoms with Gasteiger partial charge in [0.1, 0.15) is 11.6 Å². The number of hydrogen-bond acceptors (Lipinski definition) is 4. The van der Waals surface area contributed by atoms with E-state index >= 15 is 0 Å². The van der Waals surface area contributed by atoms with Gasteiger partial charge in [0, 0.05) is 25.2 Å². The fourth-order valence-corrected chi connectivity index (χ4v) is 3.53. The molecule has 1 saturated heterocycles. The van der Waals surface area contributed by atoms with Crippen molar-refractivity contribution in [3.8, 4) is 0 Å². The molecule has 0 radical (unpaired) electrons. The summed E-state index contributed by atoms with van der Waals surface area (Å²) >= 11 is 0. The number of carbonyl (C=O) groups is 1. The Bertz CT molecular complexity index is 684. The molecule has 1 aromatic rings. The highest BCUT2D eigenvalue weighted by molar-refractivity contribution is 5.80. The van der Waals surface area contributed by atoms with E-state index in [9.17, 15) is 13.6 Å². The van der Waals surface area contributed by atoms with Crippen LogP contribution < -0.4 is 5.32 Å². The van der Waals surface area contributed by atoms with E-state index in [0.29, 0.717) is 45.0 Å². The van der Waals surface area contributed by atoms with E-state index < -0.39 is 17.7 Å². The molecule has 1 atom stereocenters. The Morgan fingerprint density at radius 3 is 2.41 bits per heavy atom. The molecule has 0 aliphatic carbocycles. The third-order valence-electron chi connectivity index (χ3n) is 5.12. The van der Waals surface area contributed by atoms with E-state index in [1.165, 1.54) is 18.2 Å². The highest BCUT2D eigenvalue weighted by Crippen LogP contribution is 2.25. The first-order valence-electron chi connectivity index (χ1n) is 10.2. The minimum Gasteiger partial charge on any atom is -0.466 e. The Morgan fingerprint density at radius 2 is 1.90 bits per heavy atom. The first kappa shape index (κ1) is 23.1. The summed E-state index contributed by atoms with van der Waals surface area (Å²) in [6.07, 6.45) is 1.39. The molecule has 0 amide bonds. The number of nitrogens with one attached hydrogen (secondary N) is 1. The topological polar surface area (TPSA) is 57.2 Å². The average molecular weight is 411 g/mol. The van der Waals surface area contributed by atoms with Crippen molar-refractivity contribution in [2.24, 2.45) is 10.9 Å². The zero-order chi connectivity index (χ0) is 21.4. The number of esters is 1. The second-order valence-corrected chi connectivity index (χ2v) is 7.32. The summed E-state index contributed by atoms with van der Waals surface area (Å²) in [5.74, 6) is -0.676. The molecular formula is C21H32F2N4O2. The largest absolute Gasteiger partial charge is 0.466 e. The number of nitrogens with zero attached hydrogens (tertiary/aromatic N) is 3. The highest BCUT2D eigenvalue weighted by Gasteiger charge is 2.28. The van der Waals surface area contributed by atoms with Gasteiger partial charge in [0.2, 0.25) is 0 Å². The van der Waals surface area contributed by atoms with Crippen LogP contribution in [0.1, 0.15) is 38.3 Å². The maximum Gasteiger partial charge on any atom is 0.309 e. The molecular weight excluding hydrogens is 378 g/mol. The number of ether oxygens (including phenoxy) is 1. The van der Waals surface area contributed by atoms with Crippen molar-refractivity contribution in [2.75, 3.05) is 46.9 Å². The van der Waals surface area contributed by atoms with Gasteiger partial charge in [-0.3, -0.25) is 9.79 Å². The van der Waals surface area contributed by atoms with Crippen molar-refractivity contribution in [3.05, 3.63) is 35.4 Å². The van der Waals surface area contributed by atoms with Gasteiger partial charge in [-0.1, -0.05) is 6.07 Å². The Hall–Kier alpha value is -2.22. The van der Waals surface area contributed by atoms with Crippen molar-refractivity contribution < 1.29 is 18.3 Å². The lowest BCUT2D eigenvalue weighted by Gasteiger charge is -2.34. The van der Waals surface area contributed by atoms with Gasteiger partial charge >= 0.3 is 5.97 Å². The van der Waals surface area contributed by atoms with Gasteiger partial charge < -0.3 is 19.9 Å². The zero-order valence-corrected chi connectivity index (χ0v) is 17.8. The summed E-state index contributed by atoms with van der Waals surface area (Å²) < 4.78 is 33.7. The van der Waals surface area contributed by atoms with Crippen LogP contribution in [-0.2, 0) is 9.53 Å². The fraction of sp³-hybridized carbons (Fsp3) is 0.619. The van der Waals surface area contributed by atoms with E-state index in [1.54, 1.807) is 19.0 Å². The lowest BCUT2D eigenvalue weighted by molar-refractivity contribution is -0.149. The van der Waals surface area contributed by atoms with Crippen LogP contribution in [0.2, 0.25) is 0 Å². The van der Waals surface area contributed by atoms with Crippen LogP contribution in [-0.4, -0.2) is 68.6 Å². The van der Waals surface area contributed by atoms with Crippen molar-refractivity contribution >= 4 is 11.9 Å². The van der Waals surface area contributed by atoms with Crippen LogP contribution in [0.5, 0.6) is 0 Å². The van der Waals surface area contributed by atoms with E-state index in [1.807, 2.05) is 13.8 Å². The molecule has 162 valence electrons. The van der Waals surface area contributed by atoms with E-state index in [2.05, 4.69) is 15.2 Å². The number of likely N-dealkylation sites (tertiary alicyclic amines) is 1. The van der Waals surface area contributed by atoms with Gasteiger partial charge in [0.25, 0.3) is 0 Å². The van der Waals surface area contributed by atoms with Crippen LogP contribution in [0.25, 0.3) is 0 Å². The van der Waals surface area contributed by atoms with Gasteiger partial charge in [-0.2, -0.15) is 0 Å². The third-order valence-corrected chi connectivity index (χ3v) is 5.12. The minimum absolute atomic E-state index is 0.0260. The Kier molecular flexibility index (Phi) is 8.82. The number of hydrogen-bond donors (Lipinski definition) is 1. The molecule has 6 nitrogen and oxygen atoms in total. The van der Waals surface area contributed by atoms with Gasteiger partial charge in [0.15, 0.2) is 5.96 Å². The average Bonchev–Trinajstić information content (AvgIpc) is 2.69. The molecule has 0 spiro atoms. The lowest BCUT2D eigenvalue weighted by Crippen LogP contribution is -2.47. The maximum absolute atomic E-state index is 14.3. The monoisotopic (exact) mass is 410 g/mol. The number of piperidine rings is 1. The highest BCUT2D eigenvalue weighted by atomic mass is 19.1. The van der Waals surface area contributed by atoms with Crippen molar-refractivity contribution in [1.29, 1.82) is 0 Å². The molecule has 2 rings (SSSR count). The number of carbonyl (C=O) groups excluding carboxylic acids is 1. The van der Waals surface area contributed by atoms with E-state index in [4.69, 9.17) is 4.74 Å². The van der Waals surface area contributed by atoms with Crippen LogP contribution >= 0.6 is 0 Å². The normalized spacial score (nSPS) is 16.8. The second kappa shape index (κ2) is 11.1. The summed E-state index contributed by atoms with van der Waals surface area (Å²) in [4.78, 5) is 20.5. The molecule has 1 aliphatic rings. The van der Waals surface area contributed by atoms with Crippen LogP contribution in [0.15, 0.2) is 23.2 Å². The summed E-state index contributed by atoms with van der Waals surface area (Å²) in [6.45, 7) is 6.42. The molecule has 1 aliphatic heterocycles. The smallest absolute Gasteiger partial charge is 0.309 e. The Labute approximate surface area is 171 Å². The molecule has 29 heavy (non-hydrogen) atoms. The second-order valence-electron chi connectivity index (χ2n) is 7.32. The predicted molar refractivity (Wildman–Crippen MR) is 110 cm³/mol. The molecule has 0 saturated carbocycles. The van der Waals surface area contributed by atoms with Crippen LogP contribution in [0.3, 0.4) is 0 Å². The molecule has 1 aromatic carbocycles. The van der Waals surface area contributed by atoms with Gasteiger partial charge in [-0.25, -0.2) is 8.78 Å². The third kappa shape index (κ3) is 6.13. The van der Waals surface area contributed by atoms with Gasteiger partial charge in [0.05, 0.1) is 25.1 Å². The van der Waals surface area contributed by atoms with Crippen molar-refractivity contribution in [1.82, 2.24) is 15.1 Å². The molecule has 1 N–H and O–H groups in total. The number of likely N-dealkylation sites (N-methyl/N-ethyl adjacent to an activating group) is 1. The summed E-state index contributed by atoms with van der Waals surface area (Å²) in [7, 11) is 3.56. The quantitative estimate of drug-likeness (QED) is 0.426. The molecule has 1 heterocycles. The van der Waals surface area contributed by atoms with Gasteiger partial charge in [-0.15, -0.1) is 0 Å². The molecule has 1 fully saturated rings. The molecule has 1 unspecified atom stereocenters. The Morgan fingerprint density at radius 1 is 1.28 bits per heavy atom. The summed E-state index contributed by atoms with van der Waals surface area (Å²) in [6, 6.07) is 3.37. The Balaban J connectivity index is 2.12. The number of halogens is 2. The van der Waals surface area contributed by atoms with E-state index in [-0.39, 0.29) is 24.0 Å². The lowest BCUT2D eigenvalue weighted by atomic mass is 9.97. The van der Waals surface area contributed by atoms with Gasteiger partial charge in [-0.05, 0) is 52.9 Å². The summed E-state index contributed by atoms with van der Waals surface area (Å²) in [5.41, 5.74) is 0.0260. The first-order valence-corrected chi connectivity index (χ1v) is 10.2. The van der Waals surface area contributed by atoms with E-state index in [0.717, 1.165) is 0 Å². The SMILES string of the molecule is CCNC(=NCC(c1c(F)cccc1F)N(C)C)N1CCC(C(=O)OCC)CC1. The standard InChI is InChI=1S/C21H32F2N4O2/c1-5-24-21(27-12-10-15(11-13-27)20(28)29-6-2)25-14-18(26(3)4)19-16(22)8-7-9-17(19)23/h7-9,15,18H,5-6,10-14H2,1-4H3,(H,24,25). The fourth-order valence-electron chi connectivity index (χ4n) is 3.53. The molecule has 0 aromatic heterocycles.